The smallest absolute Gasteiger partial charge is 0.211 e. The molecule has 0 saturated heterocycles. The highest BCUT2D eigenvalue weighted by Crippen LogP contribution is 2.07. The maximum Gasteiger partial charge on any atom is 0.238 e. The lowest BCUT2D eigenvalue weighted by Gasteiger charge is -1.99. The molecule has 0 heterocycles. The summed E-state index contributed by atoms with van der Waals surface area (Å²) in [7, 11) is 0. The standard InChI is InChI=1S/C5H10F2/c1-4(2)3-5(6)7/h4-5H,3H2,1-2H3. The number of hydrogen-bond donors (Lipinski definition) is 0. The molecule has 0 unspecified atom stereocenters. The van der Waals surface area contributed by atoms with Crippen molar-refractivity contribution < 1.29 is 8.78 Å². The molecule has 0 N–H and O–H groups in total. The van der Waals surface area contributed by atoms with E-state index in [1.165, 1.54) is 0 Å². The van der Waals surface area contributed by atoms with Gasteiger partial charge < -0.3 is 0 Å². The summed E-state index contributed by atoms with van der Waals surface area (Å²) in [6, 6.07) is 0. The molecule has 0 aromatic heterocycles. The van der Waals surface area contributed by atoms with Crippen LogP contribution in [-0.4, -0.2) is 6.43 Å². The zero-order chi connectivity index (χ0) is 5.86. The maximum absolute atomic E-state index is 11.3. The SMILES string of the molecule is CC(C)CC(F)F. The second-order valence-electron chi connectivity index (χ2n) is 2.02. The van der Waals surface area contributed by atoms with Crippen LogP contribution in [-0.2, 0) is 0 Å². The molecule has 2 heteroatoms. The molecule has 7 heavy (non-hydrogen) atoms. The van der Waals surface area contributed by atoms with E-state index < -0.39 is 6.43 Å². The maximum atomic E-state index is 11.3. The molecule has 0 nitrogen and oxygen atoms in total. The third kappa shape index (κ3) is 5.86. The summed E-state index contributed by atoms with van der Waals surface area (Å²) in [6.07, 6.45) is -2.10. The van der Waals surface area contributed by atoms with Gasteiger partial charge in [0.2, 0.25) is 6.43 Å². The molecule has 0 amide bonds. The lowest BCUT2D eigenvalue weighted by molar-refractivity contribution is 0.121. The Morgan fingerprint density at radius 2 is 1.71 bits per heavy atom. The van der Waals surface area contributed by atoms with Crippen LogP contribution >= 0.6 is 0 Å². The molecule has 0 atom stereocenters. The van der Waals surface area contributed by atoms with Crippen LogP contribution in [0.25, 0.3) is 0 Å². The minimum atomic E-state index is -2.12. The van der Waals surface area contributed by atoms with Gasteiger partial charge in [-0.15, -0.1) is 0 Å². The van der Waals surface area contributed by atoms with Crippen molar-refractivity contribution in [1.29, 1.82) is 0 Å². The van der Waals surface area contributed by atoms with E-state index in [4.69, 9.17) is 0 Å². The monoisotopic (exact) mass is 108 g/mol. The fraction of sp³-hybridized carbons (Fsp3) is 1.00. The van der Waals surface area contributed by atoms with Crippen LogP contribution in [0.15, 0.2) is 0 Å². The Balaban J connectivity index is 2.95. The fourth-order valence-electron chi connectivity index (χ4n) is 0.356. The minimum absolute atomic E-state index is 0.0278. The van der Waals surface area contributed by atoms with Gasteiger partial charge in [-0.3, -0.25) is 0 Å². The average molecular weight is 108 g/mol. The van der Waals surface area contributed by atoms with E-state index in [0.29, 0.717) is 0 Å². The van der Waals surface area contributed by atoms with Crippen LogP contribution in [0, 0.1) is 5.92 Å². The van der Waals surface area contributed by atoms with E-state index in [-0.39, 0.29) is 12.3 Å². The average Bonchev–Trinajstić information content (AvgIpc) is 1.27. The Labute approximate surface area is 42.5 Å². The molecule has 44 valence electrons. The lowest BCUT2D eigenvalue weighted by atomic mass is 10.1. The second kappa shape index (κ2) is 2.94. The van der Waals surface area contributed by atoms with E-state index in [1.807, 2.05) is 0 Å². The van der Waals surface area contributed by atoms with E-state index in [0.717, 1.165) is 0 Å². The summed E-state index contributed by atoms with van der Waals surface area (Å²) < 4.78 is 22.6. The van der Waals surface area contributed by atoms with Gasteiger partial charge in [0.25, 0.3) is 0 Å². The van der Waals surface area contributed by atoms with Gasteiger partial charge in [0, 0.05) is 6.42 Å². The van der Waals surface area contributed by atoms with Crippen LogP contribution in [0.1, 0.15) is 20.3 Å². The highest BCUT2D eigenvalue weighted by Gasteiger charge is 2.03. The van der Waals surface area contributed by atoms with Crippen LogP contribution in [0.2, 0.25) is 0 Å². The van der Waals surface area contributed by atoms with E-state index in [2.05, 4.69) is 0 Å². The Morgan fingerprint density at radius 3 is 1.71 bits per heavy atom. The summed E-state index contributed by atoms with van der Waals surface area (Å²) in [4.78, 5) is 0. The van der Waals surface area contributed by atoms with E-state index in [9.17, 15) is 8.78 Å². The first-order valence-electron chi connectivity index (χ1n) is 2.41. The summed E-state index contributed by atoms with van der Waals surface area (Å²) in [5.41, 5.74) is 0. The van der Waals surface area contributed by atoms with Crippen molar-refractivity contribution in [3.05, 3.63) is 0 Å². The largest absolute Gasteiger partial charge is 0.238 e. The Morgan fingerprint density at radius 1 is 1.29 bits per heavy atom. The van der Waals surface area contributed by atoms with Crippen molar-refractivity contribution in [2.24, 2.45) is 5.92 Å². The molecule has 0 aliphatic rings. The number of alkyl halides is 2. The van der Waals surface area contributed by atoms with Gasteiger partial charge in [-0.1, -0.05) is 13.8 Å². The molecular formula is C5H10F2. The van der Waals surface area contributed by atoms with E-state index >= 15 is 0 Å². The molecule has 0 spiro atoms. The summed E-state index contributed by atoms with van der Waals surface area (Å²) in [6.45, 7) is 3.57. The van der Waals surface area contributed by atoms with Gasteiger partial charge in [-0.05, 0) is 5.92 Å². The zero-order valence-corrected chi connectivity index (χ0v) is 4.62. The minimum Gasteiger partial charge on any atom is -0.211 e. The fourth-order valence-corrected chi connectivity index (χ4v) is 0.356. The van der Waals surface area contributed by atoms with Crippen LogP contribution < -0.4 is 0 Å². The third-order valence-corrected chi connectivity index (χ3v) is 0.650. The first-order chi connectivity index (χ1) is 3.13. The van der Waals surface area contributed by atoms with Gasteiger partial charge in [-0.25, -0.2) is 8.78 Å². The van der Waals surface area contributed by atoms with Crippen molar-refractivity contribution in [2.75, 3.05) is 0 Å². The first kappa shape index (κ1) is 6.86. The summed E-state index contributed by atoms with van der Waals surface area (Å²) in [5, 5.41) is 0. The number of rotatable bonds is 2. The predicted octanol–water partition coefficient (Wildman–Crippen LogP) is 2.30. The van der Waals surface area contributed by atoms with Gasteiger partial charge in [0.15, 0.2) is 0 Å². The lowest BCUT2D eigenvalue weighted by Crippen LogP contribution is -1.95. The highest BCUT2D eigenvalue weighted by molar-refractivity contribution is 4.44. The molecule has 0 saturated carbocycles. The number of halogens is 2. The quantitative estimate of drug-likeness (QED) is 0.509. The summed E-state index contributed by atoms with van der Waals surface area (Å²) in [5.74, 6) is 0.125. The predicted molar refractivity (Wildman–Crippen MR) is 25.5 cm³/mol. The highest BCUT2D eigenvalue weighted by atomic mass is 19.3. The summed E-state index contributed by atoms with van der Waals surface area (Å²) >= 11 is 0. The van der Waals surface area contributed by atoms with Crippen LogP contribution in [0.5, 0.6) is 0 Å². The van der Waals surface area contributed by atoms with Gasteiger partial charge in [-0.2, -0.15) is 0 Å². The van der Waals surface area contributed by atoms with Crippen molar-refractivity contribution >= 4 is 0 Å². The van der Waals surface area contributed by atoms with Crippen LogP contribution in [0.4, 0.5) is 8.78 Å². The Bertz CT molecular complexity index is 35.3. The molecule has 0 rings (SSSR count). The molecular weight excluding hydrogens is 98.1 g/mol. The molecule has 0 aromatic rings. The third-order valence-electron chi connectivity index (χ3n) is 0.650. The molecule has 0 radical (unpaired) electrons. The zero-order valence-electron chi connectivity index (χ0n) is 4.62. The van der Waals surface area contributed by atoms with E-state index in [1.54, 1.807) is 13.8 Å². The van der Waals surface area contributed by atoms with Crippen molar-refractivity contribution in [3.8, 4) is 0 Å². The van der Waals surface area contributed by atoms with Crippen molar-refractivity contribution in [1.82, 2.24) is 0 Å². The molecule has 0 aliphatic heterocycles. The Hall–Kier alpha value is -0.140. The molecule has 0 aliphatic carbocycles. The normalized spacial score (nSPS) is 11.1. The van der Waals surface area contributed by atoms with Crippen molar-refractivity contribution in [2.45, 2.75) is 26.7 Å². The molecule has 0 fully saturated rings. The molecule has 0 bridgehead atoms. The van der Waals surface area contributed by atoms with Gasteiger partial charge in [0.05, 0.1) is 0 Å². The van der Waals surface area contributed by atoms with Crippen molar-refractivity contribution in [3.63, 3.8) is 0 Å². The number of hydrogen-bond acceptors (Lipinski definition) is 0. The topological polar surface area (TPSA) is 0 Å². The molecule has 0 aromatic carbocycles. The van der Waals surface area contributed by atoms with Crippen LogP contribution in [0.3, 0.4) is 0 Å². The second-order valence-corrected chi connectivity index (χ2v) is 2.02. The Kier molecular flexibility index (Phi) is 2.88. The van der Waals surface area contributed by atoms with Gasteiger partial charge in [0.1, 0.15) is 0 Å². The van der Waals surface area contributed by atoms with Gasteiger partial charge >= 0.3 is 0 Å². The first-order valence-corrected chi connectivity index (χ1v) is 2.41.